The van der Waals surface area contributed by atoms with Crippen LogP contribution in [0.1, 0.15) is 15.9 Å². The highest BCUT2D eigenvalue weighted by molar-refractivity contribution is 7.89. The maximum atomic E-state index is 11.9. The number of sulfonamides is 1. The number of carbonyl (C=O) groups excluding carboxylic acids is 1. The second-order valence-electron chi connectivity index (χ2n) is 4.26. The number of nitrogens with one attached hydrogen (secondary N) is 1. The molecular formula is C14H11N2O5S-. The second kappa shape index (κ2) is 6.27. The van der Waals surface area contributed by atoms with Crippen LogP contribution < -0.4 is 9.94 Å². The van der Waals surface area contributed by atoms with Crippen molar-refractivity contribution in [3.8, 4) is 5.75 Å². The quantitative estimate of drug-likeness (QED) is 0.597. The molecule has 22 heavy (non-hydrogen) atoms. The topological polar surface area (TPSA) is 119 Å². The molecule has 0 aromatic heterocycles. The number of carbonyl (C=O) groups is 1. The standard InChI is InChI=1S/C14H12N2O5S/c17-12-5-1-10(2-6-12)9-15-16-22(20,21)13-7-3-11(4-8-13)14(18)19/h1-9,16-17H,(H,18,19)/p-1/b15-9+. The third-order valence-corrected chi connectivity index (χ3v) is 3.92. The van der Waals surface area contributed by atoms with Gasteiger partial charge in [-0.2, -0.15) is 13.5 Å². The average molecular weight is 319 g/mol. The fraction of sp³-hybridized carbons (Fsp3) is 0. The Morgan fingerprint density at radius 2 is 1.68 bits per heavy atom. The molecule has 0 heterocycles. The summed E-state index contributed by atoms with van der Waals surface area (Å²) in [5, 5.41) is 23.3. The minimum Gasteiger partial charge on any atom is -0.545 e. The summed E-state index contributed by atoms with van der Waals surface area (Å²) < 4.78 is 23.9. The van der Waals surface area contributed by atoms with Crippen molar-refractivity contribution in [3.05, 3.63) is 59.7 Å². The van der Waals surface area contributed by atoms with Crippen molar-refractivity contribution in [1.29, 1.82) is 0 Å². The molecule has 0 saturated carbocycles. The molecule has 114 valence electrons. The number of hydrogen-bond donors (Lipinski definition) is 2. The first kappa shape index (κ1) is 15.5. The number of phenols is 1. The first-order valence-electron chi connectivity index (χ1n) is 6.04. The van der Waals surface area contributed by atoms with Gasteiger partial charge in [-0.1, -0.05) is 12.1 Å². The molecule has 0 spiro atoms. The van der Waals surface area contributed by atoms with Crippen molar-refractivity contribution in [2.75, 3.05) is 0 Å². The number of nitrogens with zero attached hydrogens (tertiary/aromatic N) is 1. The molecule has 0 atom stereocenters. The molecule has 2 aromatic rings. The van der Waals surface area contributed by atoms with Crippen LogP contribution >= 0.6 is 0 Å². The van der Waals surface area contributed by atoms with E-state index in [1.54, 1.807) is 12.1 Å². The van der Waals surface area contributed by atoms with Gasteiger partial charge >= 0.3 is 0 Å². The number of phenolic OH excluding ortho intramolecular Hbond substituents is 1. The molecule has 7 nitrogen and oxygen atoms in total. The summed E-state index contributed by atoms with van der Waals surface area (Å²) in [5.41, 5.74) is 0.472. The number of hydrazone groups is 1. The van der Waals surface area contributed by atoms with Crippen LogP contribution in [0.5, 0.6) is 5.75 Å². The largest absolute Gasteiger partial charge is 0.545 e. The Morgan fingerprint density at radius 3 is 2.23 bits per heavy atom. The lowest BCUT2D eigenvalue weighted by molar-refractivity contribution is -0.255. The number of carboxylic acids is 1. The average Bonchev–Trinajstić information content (AvgIpc) is 2.49. The molecule has 2 aromatic carbocycles. The SMILES string of the molecule is O=C([O-])c1ccc(S(=O)(=O)N/N=C/c2ccc(O)cc2)cc1. The summed E-state index contributed by atoms with van der Waals surface area (Å²) in [6.45, 7) is 0. The summed E-state index contributed by atoms with van der Waals surface area (Å²) in [6, 6.07) is 10.5. The van der Waals surface area contributed by atoms with Crippen LogP contribution in [0.25, 0.3) is 0 Å². The highest BCUT2D eigenvalue weighted by Gasteiger charge is 2.12. The zero-order chi connectivity index (χ0) is 16.2. The van der Waals surface area contributed by atoms with Crippen LogP contribution in [0, 0.1) is 0 Å². The molecular weight excluding hydrogens is 308 g/mol. The first-order chi connectivity index (χ1) is 10.4. The van der Waals surface area contributed by atoms with Gasteiger partial charge in [0.1, 0.15) is 5.75 Å². The molecule has 0 fully saturated rings. The van der Waals surface area contributed by atoms with Crippen LogP contribution in [0.3, 0.4) is 0 Å². The van der Waals surface area contributed by atoms with E-state index < -0.39 is 16.0 Å². The van der Waals surface area contributed by atoms with Crippen molar-refractivity contribution in [2.45, 2.75) is 4.90 Å². The lowest BCUT2D eigenvalue weighted by atomic mass is 10.2. The fourth-order valence-electron chi connectivity index (χ4n) is 1.55. The number of benzene rings is 2. The normalized spacial score (nSPS) is 11.5. The van der Waals surface area contributed by atoms with Gasteiger partial charge in [0.15, 0.2) is 0 Å². The molecule has 0 radical (unpaired) electrons. The van der Waals surface area contributed by atoms with E-state index in [0.29, 0.717) is 5.56 Å². The molecule has 0 aliphatic heterocycles. The Hall–Kier alpha value is -2.87. The van der Waals surface area contributed by atoms with Gasteiger partial charge < -0.3 is 15.0 Å². The zero-order valence-electron chi connectivity index (χ0n) is 11.1. The van der Waals surface area contributed by atoms with Crippen LogP contribution in [0.15, 0.2) is 58.5 Å². The molecule has 0 unspecified atom stereocenters. The van der Waals surface area contributed by atoms with E-state index in [-0.39, 0.29) is 16.2 Å². The third-order valence-electron chi connectivity index (χ3n) is 2.68. The monoisotopic (exact) mass is 319 g/mol. The molecule has 0 aliphatic carbocycles. The van der Waals surface area contributed by atoms with Gasteiger partial charge in [-0.05, 0) is 47.5 Å². The highest BCUT2D eigenvalue weighted by Crippen LogP contribution is 2.10. The maximum Gasteiger partial charge on any atom is 0.276 e. The fourth-order valence-corrected chi connectivity index (χ4v) is 2.34. The van der Waals surface area contributed by atoms with Crippen LogP contribution in [0.4, 0.5) is 0 Å². The Balaban J connectivity index is 2.10. The molecule has 0 bridgehead atoms. The van der Waals surface area contributed by atoms with Gasteiger partial charge in [-0.3, -0.25) is 0 Å². The highest BCUT2D eigenvalue weighted by atomic mass is 32.2. The van der Waals surface area contributed by atoms with Crippen molar-refractivity contribution >= 4 is 22.2 Å². The predicted molar refractivity (Wildman–Crippen MR) is 76.8 cm³/mol. The Labute approximate surface area is 126 Å². The minimum atomic E-state index is -3.89. The Morgan fingerprint density at radius 1 is 1.09 bits per heavy atom. The molecule has 0 aliphatic rings. The van der Waals surface area contributed by atoms with E-state index in [1.165, 1.54) is 18.3 Å². The smallest absolute Gasteiger partial charge is 0.276 e. The number of aromatic hydroxyl groups is 1. The summed E-state index contributed by atoms with van der Waals surface area (Å²) >= 11 is 0. The Bertz CT molecular complexity index is 796. The number of carboxylic acid groups (broad SMARTS) is 1. The van der Waals surface area contributed by atoms with E-state index in [1.807, 2.05) is 4.83 Å². The minimum absolute atomic E-state index is 0.0886. The lowest BCUT2D eigenvalue weighted by Crippen LogP contribution is -2.22. The lowest BCUT2D eigenvalue weighted by Gasteiger charge is -2.05. The van der Waals surface area contributed by atoms with Crippen LogP contribution in [-0.4, -0.2) is 25.7 Å². The summed E-state index contributed by atoms with van der Waals surface area (Å²) in [6.07, 6.45) is 1.27. The number of aromatic carboxylic acids is 1. The number of hydrogen-bond acceptors (Lipinski definition) is 6. The number of rotatable bonds is 5. The van der Waals surface area contributed by atoms with E-state index in [0.717, 1.165) is 24.3 Å². The second-order valence-corrected chi connectivity index (χ2v) is 5.92. The van der Waals surface area contributed by atoms with Gasteiger partial charge in [0, 0.05) is 0 Å². The van der Waals surface area contributed by atoms with Gasteiger partial charge in [-0.15, -0.1) is 0 Å². The first-order valence-corrected chi connectivity index (χ1v) is 7.52. The molecule has 8 heteroatoms. The zero-order valence-corrected chi connectivity index (χ0v) is 11.9. The molecule has 2 N–H and O–H groups in total. The van der Waals surface area contributed by atoms with Crippen LogP contribution in [0.2, 0.25) is 0 Å². The molecule has 0 saturated heterocycles. The van der Waals surface area contributed by atoms with Crippen molar-refractivity contribution in [1.82, 2.24) is 4.83 Å². The predicted octanol–water partition coefficient (Wildman–Crippen LogP) is 0.0681. The van der Waals surface area contributed by atoms with E-state index in [4.69, 9.17) is 5.11 Å². The molecule has 0 amide bonds. The van der Waals surface area contributed by atoms with Gasteiger partial charge in [0.2, 0.25) is 0 Å². The van der Waals surface area contributed by atoms with Gasteiger partial charge in [0.05, 0.1) is 17.1 Å². The summed E-state index contributed by atoms with van der Waals surface area (Å²) in [4.78, 5) is 12.5. The van der Waals surface area contributed by atoms with Crippen LogP contribution in [-0.2, 0) is 10.0 Å². The van der Waals surface area contributed by atoms with E-state index in [2.05, 4.69) is 5.10 Å². The van der Waals surface area contributed by atoms with Crippen molar-refractivity contribution in [3.63, 3.8) is 0 Å². The van der Waals surface area contributed by atoms with Crippen molar-refractivity contribution < 1.29 is 23.4 Å². The summed E-state index contributed by atoms with van der Waals surface area (Å²) in [7, 11) is -3.89. The molecule has 2 rings (SSSR count). The maximum absolute atomic E-state index is 11.9. The van der Waals surface area contributed by atoms with Gasteiger partial charge in [-0.25, -0.2) is 4.83 Å². The van der Waals surface area contributed by atoms with E-state index >= 15 is 0 Å². The van der Waals surface area contributed by atoms with Crippen molar-refractivity contribution in [2.24, 2.45) is 5.10 Å². The van der Waals surface area contributed by atoms with E-state index in [9.17, 15) is 18.3 Å². The Kier molecular flexibility index (Phi) is 4.42. The third kappa shape index (κ3) is 3.83. The van der Waals surface area contributed by atoms with Gasteiger partial charge in [0.25, 0.3) is 10.0 Å². The summed E-state index contributed by atoms with van der Waals surface area (Å²) in [5.74, 6) is -1.30.